The zero-order valence-electron chi connectivity index (χ0n) is 22.4. The summed E-state index contributed by atoms with van der Waals surface area (Å²) < 4.78 is 0. The summed E-state index contributed by atoms with van der Waals surface area (Å²) in [6.07, 6.45) is 1.25. The molecule has 7 nitrogen and oxygen atoms in total. The fourth-order valence-corrected chi connectivity index (χ4v) is 5.82. The fraction of sp³-hybridized carbons (Fsp3) is 0.281. The maximum atomic E-state index is 14.2. The molecule has 2 atom stereocenters. The molecule has 2 aliphatic heterocycles. The van der Waals surface area contributed by atoms with Gasteiger partial charge in [-0.2, -0.15) is 0 Å². The number of para-hydroxylation sites is 2. The second-order valence-corrected chi connectivity index (χ2v) is 10.9. The van der Waals surface area contributed by atoms with Crippen LogP contribution in [0.4, 0.5) is 10.5 Å². The van der Waals surface area contributed by atoms with Crippen molar-refractivity contribution in [1.29, 1.82) is 0 Å². The number of carbonyl (C=O) groups is 3. The number of amides is 4. The predicted octanol–water partition coefficient (Wildman–Crippen LogP) is 5.74. The van der Waals surface area contributed by atoms with Gasteiger partial charge in [-0.05, 0) is 48.6 Å². The van der Waals surface area contributed by atoms with E-state index in [0.717, 1.165) is 39.7 Å². The quantitative estimate of drug-likeness (QED) is 0.318. The average Bonchev–Trinajstić information content (AvgIpc) is 3.42. The molecule has 6 rings (SSSR count). The molecule has 0 saturated carbocycles. The van der Waals surface area contributed by atoms with Crippen LogP contribution in [-0.4, -0.2) is 40.3 Å². The van der Waals surface area contributed by atoms with Gasteiger partial charge in [-0.15, -0.1) is 0 Å². The van der Waals surface area contributed by atoms with Crippen LogP contribution in [0.25, 0.3) is 10.9 Å². The number of urea groups is 1. The van der Waals surface area contributed by atoms with Gasteiger partial charge in [0, 0.05) is 29.6 Å². The van der Waals surface area contributed by atoms with Crippen molar-refractivity contribution in [2.24, 2.45) is 5.92 Å². The van der Waals surface area contributed by atoms with E-state index < -0.39 is 18.1 Å². The lowest BCUT2D eigenvalue weighted by atomic mass is 9.88. The highest BCUT2D eigenvalue weighted by Crippen LogP contribution is 2.45. The Balaban J connectivity index is 1.43. The first-order valence-corrected chi connectivity index (χ1v) is 13.5. The van der Waals surface area contributed by atoms with Gasteiger partial charge in [0.15, 0.2) is 0 Å². The number of hydrogen-bond donors (Lipinski definition) is 2. The molecule has 0 radical (unpaired) electrons. The SMILES string of the molecule is Cc1ccc(C2c3[nH]c4ccccc4c3CC3C(=O)N(c4ccccc4C(=O)NCCC(C)C)C(=O)N32)cc1. The molecule has 4 amide bonds. The van der Waals surface area contributed by atoms with Crippen molar-refractivity contribution >= 4 is 34.4 Å². The van der Waals surface area contributed by atoms with E-state index in [4.69, 9.17) is 0 Å². The van der Waals surface area contributed by atoms with E-state index in [1.165, 1.54) is 4.90 Å². The van der Waals surface area contributed by atoms with E-state index in [0.29, 0.717) is 30.1 Å². The molecule has 1 aromatic heterocycles. The summed E-state index contributed by atoms with van der Waals surface area (Å²) in [4.78, 5) is 47.8. The Morgan fingerprint density at radius 1 is 1.00 bits per heavy atom. The summed E-state index contributed by atoms with van der Waals surface area (Å²) in [6, 6.07) is 21.5. The second-order valence-electron chi connectivity index (χ2n) is 10.9. The molecular weight excluding hydrogens is 488 g/mol. The highest BCUT2D eigenvalue weighted by atomic mass is 16.2. The van der Waals surface area contributed by atoms with Gasteiger partial charge in [0.1, 0.15) is 12.1 Å². The smallest absolute Gasteiger partial charge is 0.332 e. The van der Waals surface area contributed by atoms with E-state index in [2.05, 4.69) is 30.2 Å². The molecule has 2 aliphatic rings. The molecule has 2 N–H and O–H groups in total. The van der Waals surface area contributed by atoms with Crippen molar-refractivity contribution in [2.75, 3.05) is 11.4 Å². The van der Waals surface area contributed by atoms with Gasteiger partial charge in [0.05, 0.1) is 11.3 Å². The van der Waals surface area contributed by atoms with Crippen molar-refractivity contribution < 1.29 is 14.4 Å². The van der Waals surface area contributed by atoms with Crippen molar-refractivity contribution in [1.82, 2.24) is 15.2 Å². The second kappa shape index (κ2) is 9.73. The Labute approximate surface area is 227 Å². The number of aromatic nitrogens is 1. The number of nitrogens with one attached hydrogen (secondary N) is 2. The van der Waals surface area contributed by atoms with Gasteiger partial charge >= 0.3 is 6.03 Å². The summed E-state index contributed by atoms with van der Waals surface area (Å²) in [6.45, 7) is 6.75. The number of fused-ring (bicyclic) bond motifs is 4. The summed E-state index contributed by atoms with van der Waals surface area (Å²) in [5.41, 5.74) is 5.66. The molecule has 2 unspecified atom stereocenters. The van der Waals surface area contributed by atoms with Gasteiger partial charge in [0.2, 0.25) is 0 Å². The number of benzene rings is 3. The first kappa shape index (κ1) is 24.9. The van der Waals surface area contributed by atoms with E-state index in [1.807, 2.05) is 49.4 Å². The molecule has 3 aromatic carbocycles. The average molecular weight is 521 g/mol. The van der Waals surface area contributed by atoms with Crippen LogP contribution < -0.4 is 10.2 Å². The van der Waals surface area contributed by atoms with E-state index in [9.17, 15) is 14.4 Å². The maximum Gasteiger partial charge on any atom is 0.332 e. The summed E-state index contributed by atoms with van der Waals surface area (Å²) in [5, 5.41) is 4.01. The Bertz CT molecular complexity index is 1590. The van der Waals surface area contributed by atoms with Crippen LogP contribution >= 0.6 is 0 Å². The van der Waals surface area contributed by atoms with Crippen LogP contribution in [0.1, 0.15) is 59.1 Å². The van der Waals surface area contributed by atoms with Gasteiger partial charge in [-0.1, -0.05) is 74.0 Å². The van der Waals surface area contributed by atoms with E-state index >= 15 is 0 Å². The first-order chi connectivity index (χ1) is 18.8. The maximum absolute atomic E-state index is 14.2. The predicted molar refractivity (Wildman–Crippen MR) is 152 cm³/mol. The number of aromatic amines is 1. The van der Waals surface area contributed by atoms with Gasteiger partial charge in [-0.3, -0.25) is 14.5 Å². The molecule has 1 saturated heterocycles. The molecule has 0 aliphatic carbocycles. The van der Waals surface area contributed by atoms with Crippen molar-refractivity contribution in [2.45, 2.75) is 45.7 Å². The molecule has 198 valence electrons. The summed E-state index contributed by atoms with van der Waals surface area (Å²) >= 11 is 0. The Hall–Kier alpha value is -4.39. The molecule has 0 bridgehead atoms. The minimum Gasteiger partial charge on any atom is -0.356 e. The Morgan fingerprint density at radius 3 is 2.49 bits per heavy atom. The summed E-state index contributed by atoms with van der Waals surface area (Å²) in [7, 11) is 0. The third kappa shape index (κ3) is 4.18. The number of rotatable bonds is 6. The number of anilines is 1. The third-order valence-electron chi connectivity index (χ3n) is 7.84. The lowest BCUT2D eigenvalue weighted by Crippen LogP contribution is -2.44. The van der Waals surface area contributed by atoms with Crippen LogP contribution in [0.5, 0.6) is 0 Å². The number of H-pyrrole nitrogens is 1. The topological polar surface area (TPSA) is 85.5 Å². The lowest BCUT2D eigenvalue weighted by Gasteiger charge is -2.36. The molecule has 39 heavy (non-hydrogen) atoms. The molecule has 0 spiro atoms. The number of imide groups is 1. The largest absolute Gasteiger partial charge is 0.356 e. The number of carbonyl (C=O) groups excluding carboxylic acids is 3. The number of hydrogen-bond acceptors (Lipinski definition) is 3. The van der Waals surface area contributed by atoms with E-state index in [-0.39, 0.29) is 11.8 Å². The van der Waals surface area contributed by atoms with Crippen LogP contribution in [-0.2, 0) is 11.2 Å². The lowest BCUT2D eigenvalue weighted by molar-refractivity contribution is -0.120. The van der Waals surface area contributed by atoms with Gasteiger partial charge in [0.25, 0.3) is 11.8 Å². The molecular formula is C32H32N4O3. The van der Waals surface area contributed by atoms with Gasteiger partial charge in [-0.25, -0.2) is 9.69 Å². The van der Waals surface area contributed by atoms with Crippen LogP contribution in [0, 0.1) is 12.8 Å². The van der Waals surface area contributed by atoms with Crippen LogP contribution in [0.15, 0.2) is 72.8 Å². The first-order valence-electron chi connectivity index (χ1n) is 13.5. The highest BCUT2D eigenvalue weighted by molar-refractivity contribution is 6.24. The minimum atomic E-state index is -0.674. The molecule has 4 aromatic rings. The molecule has 1 fully saturated rings. The molecule has 7 heteroatoms. The minimum absolute atomic E-state index is 0.289. The third-order valence-corrected chi connectivity index (χ3v) is 7.84. The Morgan fingerprint density at radius 2 is 1.72 bits per heavy atom. The number of nitrogens with zero attached hydrogens (tertiary/aromatic N) is 2. The fourth-order valence-electron chi connectivity index (χ4n) is 5.82. The normalized spacial score (nSPS) is 18.6. The van der Waals surface area contributed by atoms with Gasteiger partial charge < -0.3 is 10.3 Å². The van der Waals surface area contributed by atoms with Crippen molar-refractivity contribution in [3.05, 3.63) is 101 Å². The van der Waals surface area contributed by atoms with Crippen LogP contribution in [0.2, 0.25) is 0 Å². The van der Waals surface area contributed by atoms with Crippen LogP contribution in [0.3, 0.4) is 0 Å². The highest BCUT2D eigenvalue weighted by Gasteiger charge is 2.53. The molecule has 3 heterocycles. The monoisotopic (exact) mass is 520 g/mol. The summed E-state index contributed by atoms with van der Waals surface area (Å²) in [5.74, 6) is -0.149. The Kier molecular flexibility index (Phi) is 6.22. The number of aryl methyl sites for hydroxylation is 1. The van der Waals surface area contributed by atoms with Crippen molar-refractivity contribution in [3.63, 3.8) is 0 Å². The zero-order chi connectivity index (χ0) is 27.3. The standard InChI is InChI=1S/C32H32N4O3/c1-19(2)16-17-33-30(37)23-9-5-7-11-26(23)36-31(38)27-18-24-22-8-4-6-10-25(22)34-28(24)29(35(27)32(36)39)21-14-12-20(3)13-15-21/h4-15,19,27,29,34H,16-18H2,1-3H3,(H,33,37). The van der Waals surface area contributed by atoms with Crippen molar-refractivity contribution in [3.8, 4) is 0 Å². The van der Waals surface area contributed by atoms with E-state index in [1.54, 1.807) is 29.2 Å². The zero-order valence-corrected chi connectivity index (χ0v) is 22.4.